The van der Waals surface area contributed by atoms with E-state index in [1.165, 1.54) is 6.92 Å². The monoisotopic (exact) mass is 663 g/mol. The maximum absolute atomic E-state index is 12.6. The molecule has 0 saturated carbocycles. The number of carbonyl (C=O) groups is 3. The number of nitroso groups, excluding NO2 is 1. The Morgan fingerprint density at radius 3 is 2.39 bits per heavy atom. The molecule has 2 radical (unpaired) electrons. The van der Waals surface area contributed by atoms with Crippen LogP contribution in [0.2, 0.25) is 0 Å². The number of benzene rings is 1. The Morgan fingerprint density at radius 2 is 1.76 bits per heavy atom. The standard InChI is InChI=1S/C30H43BN3O11P/c1-19(2)34(20(3)4)46(43-15-9-14-32)45-27-25(44-29(31)28(27)42-18-41-26(36)13-12-22(6)35)17-40-30(37)39-16-21(5)23-10-7-8-11-24(23)33-38/h7-8,10-11,19-21,25,27-29H,9,12-13,15-18H2,1-6H3/t21?,25-,27?,28?,29-,46?/m1/s1. The van der Waals surface area contributed by atoms with Gasteiger partial charge in [0.1, 0.15) is 50.8 Å². The molecule has 16 heteroatoms. The van der Waals surface area contributed by atoms with E-state index in [2.05, 4.69) is 5.18 Å². The molecule has 1 aliphatic rings. The van der Waals surface area contributed by atoms with E-state index in [4.69, 9.17) is 45.8 Å². The fourth-order valence-corrected chi connectivity index (χ4v) is 6.36. The van der Waals surface area contributed by atoms with Gasteiger partial charge in [0.05, 0.1) is 25.5 Å². The van der Waals surface area contributed by atoms with Crippen LogP contribution in [0.1, 0.15) is 72.3 Å². The molecule has 0 amide bonds. The third-order valence-corrected chi connectivity index (χ3v) is 8.89. The number of rotatable bonds is 20. The SMILES string of the molecule is [B][C@@H]1O[C@H](COC(=O)OCC(C)c2ccccc2N=O)C(OP(OCCC#N)N(C(C)C)C(C)C)C1OCOC(=O)CCC(C)=O. The number of ketones is 1. The van der Waals surface area contributed by atoms with Crippen LogP contribution in [0.3, 0.4) is 0 Å². The first-order chi connectivity index (χ1) is 21.9. The Balaban J connectivity index is 2.16. The van der Waals surface area contributed by atoms with Crippen molar-refractivity contribution in [3.05, 3.63) is 34.7 Å². The van der Waals surface area contributed by atoms with Crippen LogP contribution in [0.5, 0.6) is 0 Å². The van der Waals surface area contributed by atoms with E-state index in [1.54, 1.807) is 31.2 Å². The molecule has 252 valence electrons. The summed E-state index contributed by atoms with van der Waals surface area (Å²) >= 11 is 0. The van der Waals surface area contributed by atoms with Gasteiger partial charge >= 0.3 is 12.1 Å². The van der Waals surface area contributed by atoms with Crippen molar-refractivity contribution in [1.29, 1.82) is 5.26 Å². The van der Waals surface area contributed by atoms with E-state index in [0.29, 0.717) is 5.56 Å². The second kappa shape index (κ2) is 20.3. The predicted molar refractivity (Wildman–Crippen MR) is 168 cm³/mol. The lowest BCUT2D eigenvalue weighted by Gasteiger charge is -2.38. The van der Waals surface area contributed by atoms with E-state index in [9.17, 15) is 19.3 Å². The zero-order valence-corrected chi connectivity index (χ0v) is 28.1. The minimum atomic E-state index is -1.80. The van der Waals surface area contributed by atoms with Crippen molar-refractivity contribution >= 4 is 40.0 Å². The summed E-state index contributed by atoms with van der Waals surface area (Å²) < 4.78 is 41.9. The van der Waals surface area contributed by atoms with Gasteiger partial charge in [-0.05, 0) is 51.4 Å². The molecule has 2 rings (SSSR count). The van der Waals surface area contributed by atoms with Crippen LogP contribution in [0, 0.1) is 16.2 Å². The average Bonchev–Trinajstić information content (AvgIpc) is 3.30. The lowest BCUT2D eigenvalue weighted by atomic mass is 9.93. The molecule has 0 N–H and O–H groups in total. The minimum Gasteiger partial charge on any atom is -0.438 e. The lowest BCUT2D eigenvalue weighted by molar-refractivity contribution is -0.165. The molecule has 46 heavy (non-hydrogen) atoms. The topological polar surface area (TPSA) is 172 Å². The summed E-state index contributed by atoms with van der Waals surface area (Å²) in [6.45, 7) is 10.2. The number of carbonyl (C=O) groups excluding carboxylic acids is 3. The first-order valence-corrected chi connectivity index (χ1v) is 16.2. The Kier molecular flexibility index (Phi) is 17.3. The number of ether oxygens (including phenoxy) is 5. The van der Waals surface area contributed by atoms with E-state index in [-0.39, 0.29) is 68.6 Å². The molecule has 1 aliphatic heterocycles. The summed E-state index contributed by atoms with van der Waals surface area (Å²) in [6.07, 6.45) is -3.80. The molecule has 0 spiro atoms. The Hall–Kier alpha value is -2.99. The molecule has 1 heterocycles. The Morgan fingerprint density at radius 1 is 1.07 bits per heavy atom. The van der Waals surface area contributed by atoms with E-state index < -0.39 is 51.8 Å². The molecule has 6 atom stereocenters. The second-order valence-electron chi connectivity index (χ2n) is 11.1. The maximum atomic E-state index is 12.6. The Labute approximate surface area is 272 Å². The summed E-state index contributed by atoms with van der Waals surface area (Å²) in [4.78, 5) is 46.9. The minimum absolute atomic E-state index is 0.0167. The number of nitrogens with zero attached hydrogens (tertiary/aromatic N) is 3. The largest absolute Gasteiger partial charge is 0.508 e. The van der Waals surface area contributed by atoms with E-state index in [0.717, 1.165) is 0 Å². The molecule has 1 aromatic rings. The van der Waals surface area contributed by atoms with Crippen molar-refractivity contribution in [3.63, 3.8) is 0 Å². The van der Waals surface area contributed by atoms with E-state index in [1.807, 2.05) is 38.4 Å². The quantitative estimate of drug-likeness (QED) is 0.0448. The molecule has 0 bridgehead atoms. The van der Waals surface area contributed by atoms with Crippen molar-refractivity contribution in [2.75, 3.05) is 26.6 Å². The van der Waals surface area contributed by atoms with Crippen molar-refractivity contribution in [3.8, 4) is 6.07 Å². The zero-order valence-electron chi connectivity index (χ0n) is 27.2. The number of nitriles is 1. The van der Waals surface area contributed by atoms with Crippen molar-refractivity contribution in [2.24, 2.45) is 5.18 Å². The fraction of sp³-hybridized carbons (Fsp3) is 0.667. The number of hydrogen-bond acceptors (Lipinski definition) is 14. The Bertz CT molecular complexity index is 1180. The van der Waals surface area contributed by atoms with E-state index >= 15 is 0 Å². The van der Waals surface area contributed by atoms with Gasteiger partial charge in [0, 0.05) is 30.4 Å². The van der Waals surface area contributed by atoms with Gasteiger partial charge in [-0.3, -0.25) is 4.79 Å². The van der Waals surface area contributed by atoms with Gasteiger partial charge in [0.15, 0.2) is 6.79 Å². The van der Waals surface area contributed by atoms with Crippen molar-refractivity contribution in [1.82, 2.24) is 4.67 Å². The number of hydrogen-bond donors (Lipinski definition) is 0. The van der Waals surface area contributed by atoms with Crippen molar-refractivity contribution < 1.29 is 47.1 Å². The smallest absolute Gasteiger partial charge is 0.438 e. The van der Waals surface area contributed by atoms with Crippen LogP contribution in [-0.2, 0) is 42.3 Å². The summed E-state index contributed by atoms with van der Waals surface area (Å²) in [5.41, 5.74) is 0.872. The predicted octanol–water partition coefficient (Wildman–Crippen LogP) is 5.15. The molecule has 1 aromatic carbocycles. The third kappa shape index (κ3) is 12.7. The van der Waals surface area contributed by atoms with Crippen LogP contribution >= 0.6 is 8.53 Å². The van der Waals surface area contributed by atoms with Crippen molar-refractivity contribution in [2.45, 2.75) is 103 Å². The molecule has 4 unspecified atom stereocenters. The molecular weight excluding hydrogens is 620 g/mol. The highest BCUT2D eigenvalue weighted by Crippen LogP contribution is 2.49. The van der Waals surface area contributed by atoms with Crippen LogP contribution in [0.25, 0.3) is 0 Å². The summed E-state index contributed by atoms with van der Waals surface area (Å²) in [5.74, 6) is -1.12. The van der Waals surface area contributed by atoms with Crippen LogP contribution < -0.4 is 0 Å². The summed E-state index contributed by atoms with van der Waals surface area (Å²) in [6, 6.07) is 7.68. The highest BCUT2D eigenvalue weighted by Gasteiger charge is 2.47. The molecule has 14 nitrogen and oxygen atoms in total. The van der Waals surface area contributed by atoms with Gasteiger partial charge in [-0.15, -0.1) is 4.91 Å². The fourth-order valence-electron chi connectivity index (χ4n) is 4.60. The van der Waals surface area contributed by atoms with Crippen LogP contribution in [0.15, 0.2) is 29.4 Å². The molecular formula is C30H43BN3O11P. The molecule has 0 aromatic heterocycles. The van der Waals surface area contributed by atoms with Gasteiger partial charge in [-0.1, -0.05) is 25.1 Å². The third-order valence-electron chi connectivity index (χ3n) is 6.76. The first kappa shape index (κ1) is 39.2. The van der Waals surface area contributed by atoms with Gasteiger partial charge in [-0.2, -0.15) is 5.26 Å². The highest BCUT2D eigenvalue weighted by molar-refractivity contribution is 7.44. The molecule has 1 fully saturated rings. The maximum Gasteiger partial charge on any atom is 0.508 e. The zero-order chi connectivity index (χ0) is 34.2. The van der Waals surface area contributed by atoms with Gasteiger partial charge < -0.3 is 37.5 Å². The lowest BCUT2D eigenvalue weighted by Crippen LogP contribution is -2.42. The summed E-state index contributed by atoms with van der Waals surface area (Å²) in [5, 5.41) is 12.1. The van der Waals surface area contributed by atoms with Gasteiger partial charge in [0.2, 0.25) is 0 Å². The van der Waals surface area contributed by atoms with Crippen LogP contribution in [0.4, 0.5) is 10.5 Å². The van der Waals surface area contributed by atoms with Crippen LogP contribution in [-0.4, -0.2) is 93.4 Å². The molecule has 1 saturated heterocycles. The number of esters is 1. The molecule has 0 aliphatic carbocycles. The first-order valence-electron chi connectivity index (χ1n) is 15.0. The second-order valence-corrected chi connectivity index (χ2v) is 12.6. The highest BCUT2D eigenvalue weighted by atomic mass is 31.2. The van der Waals surface area contributed by atoms with Gasteiger partial charge in [0.25, 0.3) is 8.53 Å². The normalized spacial score (nSPS) is 20.7. The number of Topliss-reactive ketones (excluding diaryl/α,β-unsaturated/α-hetero) is 1. The average molecular weight is 663 g/mol. The summed E-state index contributed by atoms with van der Waals surface area (Å²) in [7, 11) is 4.46. The van der Waals surface area contributed by atoms with Gasteiger partial charge in [-0.25, -0.2) is 9.46 Å².